The van der Waals surface area contributed by atoms with Gasteiger partial charge in [0.25, 0.3) is 0 Å². The van der Waals surface area contributed by atoms with E-state index in [1.54, 1.807) is 6.07 Å². The number of aryl methyl sites for hydroxylation is 1. The van der Waals surface area contributed by atoms with Crippen molar-refractivity contribution in [1.29, 1.82) is 0 Å². The Bertz CT molecular complexity index is 738. The van der Waals surface area contributed by atoms with Crippen LogP contribution in [0.2, 0.25) is 0 Å². The summed E-state index contributed by atoms with van der Waals surface area (Å²) in [4.78, 5) is 16.8. The third-order valence-electron chi connectivity index (χ3n) is 4.25. The highest BCUT2D eigenvalue weighted by Gasteiger charge is 2.29. The number of benzene rings is 1. The minimum atomic E-state index is -0.565. The molecule has 25 heavy (non-hydrogen) atoms. The maximum atomic E-state index is 12.3. The van der Waals surface area contributed by atoms with Crippen LogP contribution in [0, 0.1) is 12.3 Å². The van der Waals surface area contributed by atoms with Gasteiger partial charge in [-0.25, -0.2) is 4.98 Å². The van der Waals surface area contributed by atoms with E-state index in [0.717, 1.165) is 35.2 Å². The van der Waals surface area contributed by atoms with Crippen LogP contribution in [0.4, 0.5) is 5.82 Å². The summed E-state index contributed by atoms with van der Waals surface area (Å²) in [6.45, 7) is 8.45. The highest BCUT2D eigenvalue weighted by molar-refractivity contribution is 5.76. The summed E-state index contributed by atoms with van der Waals surface area (Å²) < 4.78 is 5.40. The molecule has 1 heterocycles. The Labute approximate surface area is 150 Å². The number of hydrogen-bond donors (Lipinski definition) is 1. The number of nitrogen functional groups attached to an aromatic ring is 1. The number of nitrogens with two attached hydrogens (primary N) is 1. The molecule has 0 aliphatic carbocycles. The van der Waals surface area contributed by atoms with Gasteiger partial charge in [-0.2, -0.15) is 0 Å². The van der Waals surface area contributed by atoms with Gasteiger partial charge in [0.15, 0.2) is 0 Å². The van der Waals surface area contributed by atoms with Crippen LogP contribution in [0.1, 0.15) is 44.7 Å². The molecule has 0 aliphatic heterocycles. The van der Waals surface area contributed by atoms with Crippen LogP contribution in [-0.2, 0) is 16.0 Å². The Balaban J connectivity index is 2.18. The van der Waals surface area contributed by atoms with Crippen molar-refractivity contribution in [3.05, 3.63) is 47.5 Å². The first kappa shape index (κ1) is 19.0. The van der Waals surface area contributed by atoms with Crippen LogP contribution < -0.4 is 5.73 Å². The Kier molecular flexibility index (Phi) is 6.18. The van der Waals surface area contributed by atoms with Gasteiger partial charge in [-0.15, -0.1) is 0 Å². The third-order valence-corrected chi connectivity index (χ3v) is 4.25. The molecule has 0 radical (unpaired) electrons. The highest BCUT2D eigenvalue weighted by Crippen LogP contribution is 2.28. The molecule has 0 saturated carbocycles. The zero-order chi connectivity index (χ0) is 18.4. The predicted molar refractivity (Wildman–Crippen MR) is 102 cm³/mol. The van der Waals surface area contributed by atoms with Gasteiger partial charge >= 0.3 is 5.97 Å². The van der Waals surface area contributed by atoms with E-state index in [-0.39, 0.29) is 5.97 Å². The number of esters is 1. The number of ether oxygens (including phenoxy) is 1. The maximum Gasteiger partial charge on any atom is 0.311 e. The molecule has 0 saturated heterocycles. The van der Waals surface area contributed by atoms with Crippen molar-refractivity contribution >= 4 is 11.8 Å². The normalized spacial score (nSPS) is 11.4. The van der Waals surface area contributed by atoms with Crippen molar-refractivity contribution in [3.63, 3.8) is 0 Å². The van der Waals surface area contributed by atoms with E-state index in [1.165, 1.54) is 0 Å². The molecule has 4 heteroatoms. The SMILES string of the molecule is CCCCOC(=O)C(C)(C)Cc1cccc(-c2nc(N)ccc2C)c1. The van der Waals surface area contributed by atoms with Gasteiger partial charge < -0.3 is 10.5 Å². The van der Waals surface area contributed by atoms with Crippen LogP contribution in [0.25, 0.3) is 11.3 Å². The second-order valence-electron chi connectivity index (χ2n) is 7.15. The quantitative estimate of drug-likeness (QED) is 0.593. The number of pyridine rings is 1. The lowest BCUT2D eigenvalue weighted by atomic mass is 9.85. The van der Waals surface area contributed by atoms with Gasteiger partial charge in [0.05, 0.1) is 17.7 Å². The summed E-state index contributed by atoms with van der Waals surface area (Å²) in [6, 6.07) is 11.9. The zero-order valence-corrected chi connectivity index (χ0v) is 15.6. The number of anilines is 1. The van der Waals surface area contributed by atoms with Crippen molar-refractivity contribution in [1.82, 2.24) is 4.98 Å². The summed E-state index contributed by atoms with van der Waals surface area (Å²) in [5, 5.41) is 0. The van der Waals surface area contributed by atoms with E-state index in [1.807, 2.05) is 45.0 Å². The summed E-state index contributed by atoms with van der Waals surface area (Å²) in [5.41, 5.74) is 9.31. The lowest BCUT2D eigenvalue weighted by Crippen LogP contribution is -2.29. The van der Waals surface area contributed by atoms with Gasteiger partial charge in [0, 0.05) is 5.56 Å². The molecular weight excluding hydrogens is 312 g/mol. The fraction of sp³-hybridized carbons (Fsp3) is 0.429. The smallest absolute Gasteiger partial charge is 0.311 e. The largest absolute Gasteiger partial charge is 0.465 e. The molecule has 0 bridgehead atoms. The van der Waals surface area contributed by atoms with Crippen molar-refractivity contribution in [2.75, 3.05) is 12.3 Å². The molecule has 1 aromatic heterocycles. The Morgan fingerprint density at radius 3 is 2.72 bits per heavy atom. The second-order valence-corrected chi connectivity index (χ2v) is 7.15. The van der Waals surface area contributed by atoms with Crippen molar-refractivity contribution in [3.8, 4) is 11.3 Å². The minimum Gasteiger partial charge on any atom is -0.465 e. The van der Waals surface area contributed by atoms with Crippen LogP contribution in [0.5, 0.6) is 0 Å². The van der Waals surface area contributed by atoms with Gasteiger partial charge in [0.2, 0.25) is 0 Å². The molecule has 1 aromatic carbocycles. The van der Waals surface area contributed by atoms with Gasteiger partial charge in [-0.3, -0.25) is 4.79 Å². The van der Waals surface area contributed by atoms with Gasteiger partial charge in [-0.05, 0) is 56.9 Å². The van der Waals surface area contributed by atoms with Gasteiger partial charge in [-0.1, -0.05) is 37.6 Å². The molecule has 0 fully saturated rings. The molecule has 0 atom stereocenters. The number of carbonyl (C=O) groups excluding carboxylic acids is 1. The standard InChI is InChI=1S/C21H28N2O2/c1-5-6-12-25-20(24)21(3,4)14-16-8-7-9-17(13-16)19-15(2)10-11-18(22)23-19/h7-11,13H,5-6,12,14H2,1-4H3,(H2,22,23). The van der Waals surface area contributed by atoms with E-state index in [2.05, 4.69) is 18.0 Å². The highest BCUT2D eigenvalue weighted by atomic mass is 16.5. The lowest BCUT2D eigenvalue weighted by Gasteiger charge is -2.23. The van der Waals surface area contributed by atoms with Crippen molar-refractivity contribution in [2.45, 2.75) is 47.0 Å². The molecule has 134 valence electrons. The average Bonchev–Trinajstić information content (AvgIpc) is 2.57. The summed E-state index contributed by atoms with van der Waals surface area (Å²) >= 11 is 0. The molecule has 0 aliphatic rings. The Morgan fingerprint density at radius 2 is 2.00 bits per heavy atom. The fourth-order valence-electron chi connectivity index (χ4n) is 2.75. The van der Waals surface area contributed by atoms with E-state index in [4.69, 9.17) is 10.5 Å². The minimum absolute atomic E-state index is 0.149. The van der Waals surface area contributed by atoms with E-state index in [0.29, 0.717) is 18.8 Å². The fourth-order valence-corrected chi connectivity index (χ4v) is 2.75. The molecule has 0 spiro atoms. The Hall–Kier alpha value is -2.36. The second kappa shape index (κ2) is 8.15. The molecule has 2 N–H and O–H groups in total. The first-order valence-corrected chi connectivity index (χ1v) is 8.83. The number of carbonyl (C=O) groups is 1. The van der Waals surface area contributed by atoms with Crippen LogP contribution in [0.15, 0.2) is 36.4 Å². The summed E-state index contributed by atoms with van der Waals surface area (Å²) in [5.74, 6) is 0.357. The van der Waals surface area contributed by atoms with Crippen LogP contribution in [0.3, 0.4) is 0 Å². The lowest BCUT2D eigenvalue weighted by molar-refractivity contribution is -0.154. The number of hydrogen-bond acceptors (Lipinski definition) is 4. The summed E-state index contributed by atoms with van der Waals surface area (Å²) in [6.07, 6.45) is 2.53. The monoisotopic (exact) mass is 340 g/mol. The van der Waals surface area contributed by atoms with Crippen LogP contribution >= 0.6 is 0 Å². The van der Waals surface area contributed by atoms with Crippen molar-refractivity contribution < 1.29 is 9.53 Å². The topological polar surface area (TPSA) is 65.2 Å². The van der Waals surface area contributed by atoms with Crippen LogP contribution in [-0.4, -0.2) is 17.6 Å². The molecular formula is C21H28N2O2. The predicted octanol–water partition coefficient (Wildman–Crippen LogP) is 4.55. The summed E-state index contributed by atoms with van der Waals surface area (Å²) in [7, 11) is 0. The van der Waals surface area contributed by atoms with E-state index < -0.39 is 5.41 Å². The number of rotatable bonds is 7. The number of aromatic nitrogens is 1. The maximum absolute atomic E-state index is 12.3. The molecule has 2 rings (SSSR count). The first-order valence-electron chi connectivity index (χ1n) is 8.83. The molecule has 0 amide bonds. The zero-order valence-electron chi connectivity index (χ0n) is 15.6. The molecule has 4 nitrogen and oxygen atoms in total. The molecule has 2 aromatic rings. The first-order chi connectivity index (χ1) is 11.8. The number of unbranched alkanes of at least 4 members (excludes halogenated alkanes) is 1. The van der Waals surface area contributed by atoms with Crippen molar-refractivity contribution in [2.24, 2.45) is 5.41 Å². The number of nitrogens with zero attached hydrogens (tertiary/aromatic N) is 1. The van der Waals surface area contributed by atoms with E-state index >= 15 is 0 Å². The Morgan fingerprint density at radius 1 is 1.24 bits per heavy atom. The average molecular weight is 340 g/mol. The van der Waals surface area contributed by atoms with Gasteiger partial charge in [0.1, 0.15) is 5.82 Å². The third kappa shape index (κ3) is 5.05. The molecule has 0 unspecified atom stereocenters. The van der Waals surface area contributed by atoms with E-state index in [9.17, 15) is 4.79 Å².